The Balaban J connectivity index is 1.73. The van der Waals surface area contributed by atoms with Gasteiger partial charge in [0.15, 0.2) is 0 Å². The first-order valence-corrected chi connectivity index (χ1v) is 8.88. The summed E-state index contributed by atoms with van der Waals surface area (Å²) in [7, 11) is 0. The Bertz CT molecular complexity index is 725. The third-order valence-electron chi connectivity index (χ3n) is 4.92. The van der Waals surface area contributed by atoms with Crippen LogP contribution < -0.4 is 0 Å². The molecule has 7 heteroatoms. The van der Waals surface area contributed by atoms with Crippen LogP contribution in [0.5, 0.6) is 0 Å². The summed E-state index contributed by atoms with van der Waals surface area (Å²) in [4.78, 5) is 52.5. The Morgan fingerprint density at radius 2 is 1.81 bits per heavy atom. The Labute approximate surface area is 151 Å². The van der Waals surface area contributed by atoms with E-state index in [0.29, 0.717) is 37.1 Å². The number of likely N-dealkylation sites (tertiary alicyclic amines) is 1. The molecule has 3 amide bonds. The van der Waals surface area contributed by atoms with E-state index in [-0.39, 0.29) is 24.3 Å². The van der Waals surface area contributed by atoms with Crippen LogP contribution in [0.3, 0.4) is 0 Å². The molecule has 0 N–H and O–H groups in total. The first kappa shape index (κ1) is 18.1. The molecule has 2 atom stereocenters. The summed E-state index contributed by atoms with van der Waals surface area (Å²) in [6.45, 7) is 4.36. The molecule has 2 aliphatic rings. The highest BCUT2D eigenvalue weighted by molar-refractivity contribution is 6.22. The average molecular weight is 358 g/mol. The number of nitrogens with zero attached hydrogens (tertiary/aromatic N) is 2. The molecule has 0 aromatic heterocycles. The highest BCUT2D eigenvalue weighted by Crippen LogP contribution is 2.26. The van der Waals surface area contributed by atoms with Gasteiger partial charge in [-0.3, -0.25) is 24.1 Å². The Morgan fingerprint density at radius 1 is 1.19 bits per heavy atom. The quantitative estimate of drug-likeness (QED) is 0.601. The molecular weight excluding hydrogens is 336 g/mol. The minimum Gasteiger partial charge on any atom is -0.466 e. The van der Waals surface area contributed by atoms with Gasteiger partial charge in [0.05, 0.1) is 23.7 Å². The van der Waals surface area contributed by atoms with Crippen LogP contribution in [0.2, 0.25) is 0 Å². The van der Waals surface area contributed by atoms with E-state index in [4.69, 9.17) is 4.74 Å². The fraction of sp³-hybridized carbons (Fsp3) is 0.474. The SMILES string of the molecule is CCOC(=O)C1CCCN(C(=O)C(C)N2C(=O)c3ccccc3C2=O)C1. The van der Waals surface area contributed by atoms with Crippen molar-refractivity contribution in [2.45, 2.75) is 32.7 Å². The number of rotatable bonds is 4. The van der Waals surface area contributed by atoms with Gasteiger partial charge in [0.2, 0.25) is 5.91 Å². The molecule has 2 heterocycles. The van der Waals surface area contributed by atoms with Gasteiger partial charge in [-0.05, 0) is 38.8 Å². The van der Waals surface area contributed by atoms with E-state index in [9.17, 15) is 19.2 Å². The number of benzene rings is 1. The molecule has 2 unspecified atom stereocenters. The molecule has 0 radical (unpaired) electrons. The molecule has 0 bridgehead atoms. The molecule has 0 saturated carbocycles. The second kappa shape index (κ2) is 7.27. The van der Waals surface area contributed by atoms with Crippen molar-refractivity contribution in [1.29, 1.82) is 0 Å². The van der Waals surface area contributed by atoms with Gasteiger partial charge in [0, 0.05) is 13.1 Å². The van der Waals surface area contributed by atoms with E-state index >= 15 is 0 Å². The van der Waals surface area contributed by atoms with Gasteiger partial charge in [-0.2, -0.15) is 0 Å². The van der Waals surface area contributed by atoms with E-state index in [2.05, 4.69) is 0 Å². The Morgan fingerprint density at radius 3 is 2.38 bits per heavy atom. The predicted molar refractivity (Wildman–Crippen MR) is 92.3 cm³/mol. The lowest BCUT2D eigenvalue weighted by molar-refractivity contribution is -0.151. The number of hydrogen-bond donors (Lipinski definition) is 0. The summed E-state index contributed by atoms with van der Waals surface area (Å²) in [5.74, 6) is -1.90. The van der Waals surface area contributed by atoms with Gasteiger partial charge in [-0.25, -0.2) is 0 Å². The number of esters is 1. The summed E-state index contributed by atoms with van der Waals surface area (Å²) < 4.78 is 5.05. The number of ether oxygens (including phenoxy) is 1. The molecule has 0 aliphatic carbocycles. The van der Waals surface area contributed by atoms with Crippen molar-refractivity contribution in [2.24, 2.45) is 5.92 Å². The van der Waals surface area contributed by atoms with E-state index in [1.165, 1.54) is 0 Å². The lowest BCUT2D eigenvalue weighted by Gasteiger charge is -2.34. The van der Waals surface area contributed by atoms with E-state index in [1.54, 1.807) is 43.0 Å². The summed E-state index contributed by atoms with van der Waals surface area (Å²) >= 11 is 0. The highest BCUT2D eigenvalue weighted by Gasteiger charge is 2.42. The fourth-order valence-corrected chi connectivity index (χ4v) is 3.56. The van der Waals surface area contributed by atoms with Gasteiger partial charge >= 0.3 is 5.97 Å². The predicted octanol–water partition coefficient (Wildman–Crippen LogP) is 1.47. The summed E-state index contributed by atoms with van der Waals surface area (Å²) in [5, 5.41) is 0. The van der Waals surface area contributed by atoms with Crippen LogP contribution >= 0.6 is 0 Å². The van der Waals surface area contributed by atoms with Crippen LogP contribution in [0.1, 0.15) is 47.4 Å². The summed E-state index contributed by atoms with van der Waals surface area (Å²) in [5.41, 5.74) is 0.639. The number of carbonyl (C=O) groups excluding carboxylic acids is 4. The van der Waals surface area contributed by atoms with Crippen LogP contribution in [0.25, 0.3) is 0 Å². The number of hydrogen-bond acceptors (Lipinski definition) is 5. The standard InChI is InChI=1S/C19H22N2O5/c1-3-26-19(25)13-7-6-10-20(11-13)16(22)12(2)21-17(23)14-8-4-5-9-15(14)18(21)24/h4-5,8-9,12-13H,3,6-7,10-11H2,1-2H3. The smallest absolute Gasteiger partial charge is 0.310 e. The first-order valence-electron chi connectivity index (χ1n) is 8.88. The van der Waals surface area contributed by atoms with Crippen LogP contribution in [0, 0.1) is 5.92 Å². The normalized spacial score (nSPS) is 20.8. The Kier molecular flexibility index (Phi) is 5.06. The topological polar surface area (TPSA) is 84.0 Å². The van der Waals surface area contributed by atoms with Crippen LogP contribution in [-0.2, 0) is 14.3 Å². The van der Waals surface area contributed by atoms with E-state index in [1.807, 2.05) is 0 Å². The minimum atomic E-state index is -0.914. The molecule has 1 fully saturated rings. The van der Waals surface area contributed by atoms with Crippen molar-refractivity contribution in [3.05, 3.63) is 35.4 Å². The molecular formula is C19H22N2O5. The molecule has 1 aromatic carbocycles. The largest absolute Gasteiger partial charge is 0.466 e. The summed E-state index contributed by atoms with van der Waals surface area (Å²) in [6, 6.07) is 5.64. The molecule has 2 aliphatic heterocycles. The monoisotopic (exact) mass is 358 g/mol. The Hall–Kier alpha value is -2.70. The number of amides is 3. The van der Waals surface area contributed by atoms with Crippen molar-refractivity contribution in [3.8, 4) is 0 Å². The van der Waals surface area contributed by atoms with Gasteiger partial charge in [0.1, 0.15) is 6.04 Å². The van der Waals surface area contributed by atoms with Gasteiger partial charge in [0.25, 0.3) is 11.8 Å². The average Bonchev–Trinajstić information content (AvgIpc) is 2.92. The first-order chi connectivity index (χ1) is 12.5. The number of piperidine rings is 1. The second-order valence-corrected chi connectivity index (χ2v) is 6.58. The minimum absolute atomic E-state index is 0.255. The zero-order valence-corrected chi connectivity index (χ0v) is 14.9. The van der Waals surface area contributed by atoms with Gasteiger partial charge in [-0.15, -0.1) is 0 Å². The molecule has 26 heavy (non-hydrogen) atoms. The maximum absolute atomic E-state index is 12.9. The molecule has 138 valence electrons. The van der Waals surface area contributed by atoms with Crippen LogP contribution in [-0.4, -0.2) is 59.2 Å². The lowest BCUT2D eigenvalue weighted by Crippen LogP contribution is -2.52. The molecule has 1 saturated heterocycles. The molecule has 0 spiro atoms. The zero-order valence-electron chi connectivity index (χ0n) is 14.9. The van der Waals surface area contributed by atoms with Crippen LogP contribution in [0.15, 0.2) is 24.3 Å². The van der Waals surface area contributed by atoms with Crippen molar-refractivity contribution >= 4 is 23.7 Å². The van der Waals surface area contributed by atoms with Gasteiger partial charge < -0.3 is 9.64 Å². The third-order valence-corrected chi connectivity index (χ3v) is 4.92. The van der Waals surface area contributed by atoms with Crippen LogP contribution in [0.4, 0.5) is 0 Å². The number of carbonyl (C=O) groups is 4. The third kappa shape index (κ3) is 3.09. The van der Waals surface area contributed by atoms with Crippen molar-refractivity contribution in [3.63, 3.8) is 0 Å². The second-order valence-electron chi connectivity index (χ2n) is 6.58. The number of fused-ring (bicyclic) bond motifs is 1. The van der Waals surface area contributed by atoms with Crippen molar-refractivity contribution < 1.29 is 23.9 Å². The van der Waals surface area contributed by atoms with Crippen molar-refractivity contribution in [2.75, 3.05) is 19.7 Å². The van der Waals surface area contributed by atoms with Crippen molar-refractivity contribution in [1.82, 2.24) is 9.80 Å². The van der Waals surface area contributed by atoms with Gasteiger partial charge in [-0.1, -0.05) is 12.1 Å². The molecule has 1 aromatic rings. The van der Waals surface area contributed by atoms with E-state index in [0.717, 1.165) is 4.90 Å². The summed E-state index contributed by atoms with van der Waals surface area (Å²) in [6.07, 6.45) is 1.36. The maximum atomic E-state index is 12.9. The molecule has 7 nitrogen and oxygen atoms in total. The zero-order chi connectivity index (χ0) is 18.8. The van der Waals surface area contributed by atoms with E-state index < -0.39 is 17.9 Å². The number of imide groups is 1. The molecule has 3 rings (SSSR count). The highest BCUT2D eigenvalue weighted by atomic mass is 16.5. The lowest BCUT2D eigenvalue weighted by atomic mass is 9.97. The fourth-order valence-electron chi connectivity index (χ4n) is 3.56. The maximum Gasteiger partial charge on any atom is 0.310 e.